The lowest BCUT2D eigenvalue weighted by Gasteiger charge is -2.18. The molecular weight excluding hydrogens is 699 g/mol. The van der Waals surface area contributed by atoms with Crippen molar-refractivity contribution in [3.63, 3.8) is 0 Å². The zero-order valence-corrected chi connectivity index (χ0v) is 31.1. The molecule has 0 radical (unpaired) electrons. The second-order valence-electron chi connectivity index (χ2n) is 14.1. The quantitative estimate of drug-likeness (QED) is 0.170. The van der Waals surface area contributed by atoms with Crippen molar-refractivity contribution in [2.45, 2.75) is 0 Å². The number of hydrogen-bond donors (Lipinski definition) is 0. The van der Waals surface area contributed by atoms with Gasteiger partial charge in [0.15, 0.2) is 5.82 Å². The van der Waals surface area contributed by atoms with Gasteiger partial charge in [0, 0.05) is 64.4 Å². The van der Waals surface area contributed by atoms with Crippen molar-refractivity contribution in [2.24, 2.45) is 0 Å². The lowest BCUT2D eigenvalue weighted by molar-refractivity contribution is 1.18. The lowest BCUT2D eigenvalue weighted by Crippen LogP contribution is -2.01. The third kappa shape index (κ3) is 5.34. The zero-order valence-electron chi connectivity index (χ0n) is 30.3. The van der Waals surface area contributed by atoms with Crippen molar-refractivity contribution in [3.05, 3.63) is 200 Å². The highest BCUT2D eigenvalue weighted by Crippen LogP contribution is 2.45. The van der Waals surface area contributed by atoms with Crippen molar-refractivity contribution >= 4 is 53.3 Å². The van der Waals surface area contributed by atoms with Gasteiger partial charge in [-0.3, -0.25) is 0 Å². The van der Waals surface area contributed by atoms with E-state index in [1.165, 1.54) is 47.5 Å². The van der Waals surface area contributed by atoms with Crippen LogP contribution in [0.1, 0.15) is 0 Å². The summed E-state index contributed by atoms with van der Waals surface area (Å²) in [4.78, 5) is 10.7. The van der Waals surface area contributed by atoms with Gasteiger partial charge in [-0.05, 0) is 47.5 Å². The van der Waals surface area contributed by atoms with Crippen LogP contribution in [0.5, 0.6) is 0 Å². The maximum atomic E-state index is 5.35. The Labute approximate surface area is 328 Å². The predicted octanol–water partition coefficient (Wildman–Crippen LogP) is 14.3. The molecule has 0 amide bonds. The molecule has 0 atom stereocenters. The number of fused-ring (bicyclic) bond motifs is 6. The number of benzene rings is 8. The van der Waals surface area contributed by atoms with E-state index in [-0.39, 0.29) is 0 Å². The van der Waals surface area contributed by atoms with Crippen LogP contribution in [0.2, 0.25) is 0 Å². The number of hydrogen-bond acceptors (Lipinski definition) is 3. The Morgan fingerprint density at radius 3 is 1.50 bits per heavy atom. The molecule has 0 aliphatic carbocycles. The fourth-order valence-electron chi connectivity index (χ4n) is 8.26. The number of rotatable bonds is 6. The second-order valence-corrected chi connectivity index (χ2v) is 15.2. The average Bonchev–Trinajstić information content (AvgIpc) is 3.82. The first-order chi connectivity index (χ1) is 27.8. The summed E-state index contributed by atoms with van der Waals surface area (Å²) in [6, 6.07) is 71.4. The maximum Gasteiger partial charge on any atom is 0.160 e. The van der Waals surface area contributed by atoms with Gasteiger partial charge in [0.2, 0.25) is 0 Å². The van der Waals surface area contributed by atoms with E-state index in [9.17, 15) is 0 Å². The van der Waals surface area contributed by atoms with Crippen LogP contribution in [-0.4, -0.2) is 14.5 Å². The Kier molecular flexibility index (Phi) is 7.68. The molecule has 0 unspecified atom stereocenters. The normalized spacial score (nSPS) is 11.6. The Bertz CT molecular complexity index is 3120. The van der Waals surface area contributed by atoms with E-state index in [0.29, 0.717) is 5.82 Å². The second kappa shape index (κ2) is 13.3. The van der Waals surface area contributed by atoms with Gasteiger partial charge in [0.1, 0.15) is 0 Å². The highest BCUT2D eigenvalue weighted by atomic mass is 32.1. The van der Waals surface area contributed by atoms with E-state index in [1.54, 1.807) is 0 Å². The summed E-state index contributed by atoms with van der Waals surface area (Å²) in [5, 5.41) is 5.04. The first kappa shape index (κ1) is 32.3. The third-order valence-electron chi connectivity index (χ3n) is 10.8. The molecule has 0 fully saturated rings. The van der Waals surface area contributed by atoms with Gasteiger partial charge in [0.25, 0.3) is 0 Å². The molecule has 0 bridgehead atoms. The molecule has 0 saturated carbocycles. The van der Waals surface area contributed by atoms with Crippen LogP contribution in [-0.2, 0) is 0 Å². The summed E-state index contributed by atoms with van der Waals surface area (Å²) >= 11 is 1.86. The largest absolute Gasteiger partial charge is 0.309 e. The summed E-state index contributed by atoms with van der Waals surface area (Å²) in [6.07, 6.45) is 0. The van der Waals surface area contributed by atoms with Gasteiger partial charge in [-0.1, -0.05) is 164 Å². The minimum atomic E-state index is 0.703. The molecule has 3 heterocycles. The summed E-state index contributed by atoms with van der Waals surface area (Å²) in [6.45, 7) is 0. The monoisotopic (exact) mass is 731 g/mol. The average molecular weight is 732 g/mol. The van der Waals surface area contributed by atoms with E-state index in [2.05, 4.69) is 187 Å². The van der Waals surface area contributed by atoms with E-state index in [0.717, 1.165) is 50.5 Å². The summed E-state index contributed by atoms with van der Waals surface area (Å²) in [5.41, 5.74) is 12.8. The molecule has 11 aromatic rings. The smallest absolute Gasteiger partial charge is 0.160 e. The van der Waals surface area contributed by atoms with E-state index in [1.807, 2.05) is 29.5 Å². The first-order valence-electron chi connectivity index (χ1n) is 18.9. The Hall–Kier alpha value is -7.14. The van der Waals surface area contributed by atoms with Gasteiger partial charge in [-0.25, -0.2) is 9.97 Å². The van der Waals surface area contributed by atoms with Gasteiger partial charge < -0.3 is 4.57 Å². The minimum absolute atomic E-state index is 0.703. The molecule has 0 aliphatic rings. The van der Waals surface area contributed by atoms with Gasteiger partial charge in [0.05, 0.1) is 22.4 Å². The molecule has 0 spiro atoms. The van der Waals surface area contributed by atoms with Crippen LogP contribution in [0.4, 0.5) is 0 Å². The van der Waals surface area contributed by atoms with Crippen LogP contribution in [0.25, 0.3) is 104 Å². The Morgan fingerprint density at radius 2 is 0.875 bits per heavy atom. The Balaban J connectivity index is 1.20. The number of aromatic nitrogens is 3. The highest BCUT2D eigenvalue weighted by molar-refractivity contribution is 7.26. The van der Waals surface area contributed by atoms with Crippen molar-refractivity contribution in [1.29, 1.82) is 0 Å². The van der Waals surface area contributed by atoms with Gasteiger partial charge >= 0.3 is 0 Å². The minimum Gasteiger partial charge on any atom is -0.309 e. The van der Waals surface area contributed by atoms with E-state index in [4.69, 9.17) is 9.97 Å². The number of thiophene rings is 1. The topological polar surface area (TPSA) is 30.7 Å². The maximum absolute atomic E-state index is 5.35. The van der Waals surface area contributed by atoms with E-state index < -0.39 is 0 Å². The lowest BCUT2D eigenvalue weighted by atomic mass is 9.91. The molecule has 262 valence electrons. The summed E-state index contributed by atoms with van der Waals surface area (Å²) < 4.78 is 4.98. The zero-order chi connectivity index (χ0) is 37.0. The van der Waals surface area contributed by atoms with Crippen molar-refractivity contribution in [3.8, 4) is 61.8 Å². The van der Waals surface area contributed by atoms with Crippen LogP contribution in [0.3, 0.4) is 0 Å². The fraction of sp³-hybridized carbons (Fsp3) is 0. The molecule has 8 aromatic carbocycles. The molecule has 0 saturated heterocycles. The Morgan fingerprint density at radius 1 is 0.375 bits per heavy atom. The SMILES string of the molecule is c1ccc(-c2nc(-c3ccccc3)c(-c3cccc(-c4cc(-n5c6ccccc6c6ccccc65)cc5c4sc4ccccc45)c3)c(-c3ccccc3)n2)cc1. The number of nitrogens with zero attached hydrogens (tertiary/aromatic N) is 3. The molecule has 0 N–H and O–H groups in total. The molecule has 56 heavy (non-hydrogen) atoms. The third-order valence-corrected chi connectivity index (χ3v) is 12.0. The molecule has 4 heteroatoms. The molecule has 3 aromatic heterocycles. The first-order valence-corrected chi connectivity index (χ1v) is 19.7. The molecule has 0 aliphatic heterocycles. The number of para-hydroxylation sites is 2. The van der Waals surface area contributed by atoms with Gasteiger partial charge in [-0.2, -0.15) is 0 Å². The van der Waals surface area contributed by atoms with E-state index >= 15 is 0 Å². The molecule has 11 rings (SSSR count). The van der Waals surface area contributed by atoms with Crippen molar-refractivity contribution < 1.29 is 0 Å². The van der Waals surface area contributed by atoms with Crippen LogP contribution < -0.4 is 0 Å². The fourth-order valence-corrected chi connectivity index (χ4v) is 9.48. The van der Waals surface area contributed by atoms with Crippen molar-refractivity contribution in [1.82, 2.24) is 14.5 Å². The van der Waals surface area contributed by atoms with Crippen LogP contribution in [0, 0.1) is 0 Å². The highest BCUT2D eigenvalue weighted by Gasteiger charge is 2.22. The summed E-state index contributed by atoms with van der Waals surface area (Å²) in [5.74, 6) is 0.703. The van der Waals surface area contributed by atoms with Gasteiger partial charge in [-0.15, -0.1) is 11.3 Å². The predicted molar refractivity (Wildman–Crippen MR) is 236 cm³/mol. The molecular formula is C52H33N3S. The standard InChI is InChI=1S/C52H33N3S/c1-4-17-34(18-5-1)49-48(50(35-19-6-2-7-20-35)54-52(53-49)36-21-8-3-9-22-36)38-24-16-23-37(31-38)43-32-39(33-44-42-27-12-15-30-47(42)56-51(43)44)55-45-28-13-10-25-40(45)41-26-11-14-29-46(41)55/h1-33H. The van der Waals surface area contributed by atoms with Crippen molar-refractivity contribution in [2.75, 3.05) is 0 Å². The molecule has 3 nitrogen and oxygen atoms in total. The van der Waals surface area contributed by atoms with Crippen LogP contribution >= 0.6 is 11.3 Å². The van der Waals surface area contributed by atoms with Crippen LogP contribution in [0.15, 0.2) is 200 Å². The summed E-state index contributed by atoms with van der Waals surface area (Å²) in [7, 11) is 0.